The van der Waals surface area contributed by atoms with Crippen molar-refractivity contribution in [1.29, 1.82) is 0 Å². The quantitative estimate of drug-likeness (QED) is 0.419. The van der Waals surface area contributed by atoms with E-state index in [1.807, 2.05) is 6.92 Å². The van der Waals surface area contributed by atoms with Crippen LogP contribution in [0.15, 0.2) is 0 Å². The van der Waals surface area contributed by atoms with Gasteiger partial charge in [-0.15, -0.1) is 0 Å². The van der Waals surface area contributed by atoms with Gasteiger partial charge in [-0.05, 0) is 12.6 Å². The van der Waals surface area contributed by atoms with E-state index in [4.69, 9.17) is 10.2 Å². The zero-order chi connectivity index (χ0) is 10.3. The van der Waals surface area contributed by atoms with Crippen LogP contribution in [0.4, 0.5) is 0 Å². The van der Waals surface area contributed by atoms with E-state index < -0.39 is 26.4 Å². The fourth-order valence-electron chi connectivity index (χ4n) is 0.872. The molecule has 0 saturated carbocycles. The molecule has 0 fully saturated rings. The molecule has 0 amide bonds. The van der Waals surface area contributed by atoms with Crippen molar-refractivity contribution in [2.75, 3.05) is 12.8 Å². The SMILES string of the molecule is CCCCCP(O)C(=O)C(O)CO. The molecule has 3 N–H and O–H groups in total. The van der Waals surface area contributed by atoms with E-state index in [1.165, 1.54) is 0 Å². The van der Waals surface area contributed by atoms with Crippen LogP contribution in [0, 0.1) is 0 Å². The maximum Gasteiger partial charge on any atom is 0.211 e. The minimum absolute atomic E-state index is 0.430. The van der Waals surface area contributed by atoms with E-state index in [-0.39, 0.29) is 0 Å². The van der Waals surface area contributed by atoms with Crippen LogP contribution in [0.5, 0.6) is 0 Å². The smallest absolute Gasteiger partial charge is 0.211 e. The molecule has 78 valence electrons. The largest absolute Gasteiger partial charge is 0.393 e. The Morgan fingerprint density at radius 1 is 1.46 bits per heavy atom. The van der Waals surface area contributed by atoms with Crippen LogP contribution < -0.4 is 0 Å². The maximum absolute atomic E-state index is 11.0. The van der Waals surface area contributed by atoms with E-state index in [0.29, 0.717) is 6.16 Å². The molecule has 0 rings (SSSR count). The Balaban J connectivity index is 3.69. The molecule has 0 saturated heterocycles. The third-order valence-electron chi connectivity index (χ3n) is 1.69. The summed E-state index contributed by atoms with van der Waals surface area (Å²) in [6, 6.07) is 0. The van der Waals surface area contributed by atoms with Crippen molar-refractivity contribution in [2.45, 2.75) is 32.3 Å². The summed E-state index contributed by atoms with van der Waals surface area (Å²) in [5, 5.41) is 17.4. The van der Waals surface area contributed by atoms with Gasteiger partial charge < -0.3 is 15.1 Å². The molecule has 0 spiro atoms. The number of unbranched alkanes of at least 4 members (excludes halogenated alkanes) is 2. The molecule has 0 aromatic heterocycles. The standard InChI is InChI=1S/C8H17O4P/c1-2-3-4-5-13(12)8(11)7(10)6-9/h7,9-10,12H,2-6H2,1H3. The number of hydrogen-bond donors (Lipinski definition) is 3. The molecule has 0 aliphatic carbocycles. The van der Waals surface area contributed by atoms with Crippen molar-refractivity contribution >= 4 is 13.7 Å². The van der Waals surface area contributed by atoms with Gasteiger partial charge in [-0.1, -0.05) is 19.8 Å². The number of aliphatic hydroxyl groups excluding tert-OH is 2. The van der Waals surface area contributed by atoms with E-state index in [9.17, 15) is 9.69 Å². The van der Waals surface area contributed by atoms with Crippen LogP contribution in [0.25, 0.3) is 0 Å². The van der Waals surface area contributed by atoms with Crippen LogP contribution in [0.1, 0.15) is 26.2 Å². The van der Waals surface area contributed by atoms with Gasteiger partial charge in [-0.2, -0.15) is 0 Å². The highest BCUT2D eigenvalue weighted by atomic mass is 31.1. The van der Waals surface area contributed by atoms with Crippen LogP contribution in [-0.4, -0.2) is 39.5 Å². The Kier molecular flexibility index (Phi) is 7.38. The third kappa shape index (κ3) is 5.32. The zero-order valence-corrected chi connectivity index (χ0v) is 8.70. The van der Waals surface area contributed by atoms with Gasteiger partial charge in [0.2, 0.25) is 5.52 Å². The van der Waals surface area contributed by atoms with Gasteiger partial charge in [0.1, 0.15) is 6.10 Å². The number of rotatable bonds is 7. The Bertz CT molecular complexity index is 151. The first-order valence-electron chi connectivity index (χ1n) is 4.42. The van der Waals surface area contributed by atoms with Gasteiger partial charge in [0.15, 0.2) is 0 Å². The molecule has 0 aromatic carbocycles. The minimum Gasteiger partial charge on any atom is -0.393 e. The lowest BCUT2D eigenvalue weighted by Gasteiger charge is -2.11. The molecule has 4 nitrogen and oxygen atoms in total. The lowest BCUT2D eigenvalue weighted by Crippen LogP contribution is -2.23. The van der Waals surface area contributed by atoms with Gasteiger partial charge in [-0.3, -0.25) is 4.79 Å². The van der Waals surface area contributed by atoms with E-state index >= 15 is 0 Å². The fraction of sp³-hybridized carbons (Fsp3) is 0.875. The summed E-state index contributed by atoms with van der Waals surface area (Å²) >= 11 is 0. The molecule has 0 aliphatic rings. The lowest BCUT2D eigenvalue weighted by atomic mass is 10.3. The first-order valence-corrected chi connectivity index (χ1v) is 5.90. The molecule has 0 bridgehead atoms. The molecular weight excluding hydrogens is 191 g/mol. The van der Waals surface area contributed by atoms with Crippen LogP contribution in [0.3, 0.4) is 0 Å². The summed E-state index contributed by atoms with van der Waals surface area (Å²) in [5.74, 6) is 0. The average molecular weight is 208 g/mol. The molecule has 0 aromatic rings. The second-order valence-corrected chi connectivity index (χ2v) is 4.55. The molecule has 5 heteroatoms. The lowest BCUT2D eigenvalue weighted by molar-refractivity contribution is -0.121. The summed E-state index contributed by atoms with van der Waals surface area (Å²) in [7, 11) is -1.75. The first kappa shape index (κ1) is 13.0. The Labute approximate surface area is 79.4 Å². The first-order chi connectivity index (χ1) is 6.13. The molecule has 0 heterocycles. The number of carbonyl (C=O) groups is 1. The van der Waals surface area contributed by atoms with Crippen LogP contribution >= 0.6 is 8.15 Å². The highest BCUT2D eigenvalue weighted by molar-refractivity contribution is 7.69. The summed E-state index contributed by atoms with van der Waals surface area (Å²) in [6.07, 6.45) is 1.82. The summed E-state index contributed by atoms with van der Waals surface area (Å²) < 4.78 is 0. The van der Waals surface area contributed by atoms with Gasteiger partial charge in [0.05, 0.1) is 14.8 Å². The van der Waals surface area contributed by atoms with Crippen molar-refractivity contribution in [3.05, 3.63) is 0 Å². The monoisotopic (exact) mass is 208 g/mol. The van der Waals surface area contributed by atoms with Gasteiger partial charge >= 0.3 is 0 Å². The third-order valence-corrected chi connectivity index (χ3v) is 3.23. The summed E-state index contributed by atoms with van der Waals surface area (Å²) in [4.78, 5) is 20.3. The second-order valence-electron chi connectivity index (χ2n) is 2.87. The number of hydrogen-bond acceptors (Lipinski definition) is 4. The van der Waals surface area contributed by atoms with E-state index in [2.05, 4.69) is 0 Å². The molecule has 0 radical (unpaired) electrons. The van der Waals surface area contributed by atoms with Gasteiger partial charge in [0, 0.05) is 0 Å². The topological polar surface area (TPSA) is 77.8 Å². The molecule has 2 unspecified atom stereocenters. The van der Waals surface area contributed by atoms with Crippen molar-refractivity contribution in [2.24, 2.45) is 0 Å². The van der Waals surface area contributed by atoms with Gasteiger partial charge in [0.25, 0.3) is 0 Å². The summed E-state index contributed by atoms with van der Waals surface area (Å²) in [5.41, 5.74) is -0.617. The highest BCUT2D eigenvalue weighted by Gasteiger charge is 2.22. The van der Waals surface area contributed by atoms with E-state index in [0.717, 1.165) is 19.3 Å². The average Bonchev–Trinajstić information content (AvgIpc) is 2.15. The summed E-state index contributed by atoms with van der Waals surface area (Å²) in [6.45, 7) is 1.43. The second kappa shape index (κ2) is 7.39. The molecular formula is C8H17O4P. The Hall–Kier alpha value is -0.0200. The molecule has 0 aliphatic heterocycles. The minimum atomic E-state index is -1.75. The Morgan fingerprint density at radius 2 is 2.08 bits per heavy atom. The fourth-order valence-corrected chi connectivity index (χ4v) is 2.04. The van der Waals surface area contributed by atoms with Crippen LogP contribution in [0.2, 0.25) is 0 Å². The molecule has 2 atom stereocenters. The van der Waals surface area contributed by atoms with Crippen LogP contribution in [-0.2, 0) is 4.79 Å². The Morgan fingerprint density at radius 3 is 2.54 bits per heavy atom. The van der Waals surface area contributed by atoms with Crippen molar-refractivity contribution < 1.29 is 19.9 Å². The predicted octanol–water partition coefficient (Wildman–Crippen LogP) is 0.446. The number of aliphatic hydroxyl groups is 2. The van der Waals surface area contributed by atoms with Gasteiger partial charge in [-0.25, -0.2) is 0 Å². The number of carbonyl (C=O) groups excluding carboxylic acids is 1. The predicted molar refractivity (Wildman–Crippen MR) is 51.6 cm³/mol. The molecule has 13 heavy (non-hydrogen) atoms. The normalized spacial score (nSPS) is 15.4. The van der Waals surface area contributed by atoms with E-state index in [1.54, 1.807) is 0 Å². The van der Waals surface area contributed by atoms with Crippen molar-refractivity contribution in [1.82, 2.24) is 0 Å². The highest BCUT2D eigenvalue weighted by Crippen LogP contribution is 2.33. The zero-order valence-electron chi connectivity index (χ0n) is 7.81. The van der Waals surface area contributed by atoms with Crippen molar-refractivity contribution in [3.63, 3.8) is 0 Å². The maximum atomic E-state index is 11.0. The van der Waals surface area contributed by atoms with Crippen molar-refractivity contribution in [3.8, 4) is 0 Å².